The lowest BCUT2D eigenvalue weighted by Crippen LogP contribution is -2.23. The second kappa shape index (κ2) is 7.66. The van der Waals surface area contributed by atoms with Gasteiger partial charge in [0.25, 0.3) is 0 Å². The maximum absolute atomic E-state index is 4.41. The molecule has 0 aromatic carbocycles. The first-order valence-electron chi connectivity index (χ1n) is 7.65. The van der Waals surface area contributed by atoms with Crippen LogP contribution in [0.1, 0.15) is 62.0 Å². The molecular formula is C15H25N5S. The Morgan fingerprint density at radius 3 is 2.81 bits per heavy atom. The molecular weight excluding hydrogens is 282 g/mol. The Bertz CT molecular complexity index is 546. The molecule has 0 bridgehead atoms. The van der Waals surface area contributed by atoms with E-state index in [0.717, 1.165) is 37.3 Å². The van der Waals surface area contributed by atoms with Crippen LogP contribution in [0.3, 0.4) is 0 Å². The summed E-state index contributed by atoms with van der Waals surface area (Å²) in [6.07, 6.45) is 6.96. The molecule has 0 aliphatic rings. The number of aromatic nitrogens is 4. The van der Waals surface area contributed by atoms with Crippen molar-refractivity contribution in [3.63, 3.8) is 0 Å². The Labute approximate surface area is 131 Å². The minimum absolute atomic E-state index is 0.319. The smallest absolute Gasteiger partial charge is 0.108 e. The molecule has 5 nitrogen and oxygen atoms in total. The highest BCUT2D eigenvalue weighted by Crippen LogP contribution is 2.29. The first kappa shape index (κ1) is 16.1. The highest BCUT2D eigenvalue weighted by Gasteiger charge is 2.21. The van der Waals surface area contributed by atoms with E-state index in [1.54, 1.807) is 0 Å². The molecule has 0 radical (unpaired) electrons. The maximum atomic E-state index is 4.41. The van der Waals surface area contributed by atoms with Gasteiger partial charge in [-0.25, -0.2) is 4.98 Å². The van der Waals surface area contributed by atoms with Gasteiger partial charge in [-0.05, 0) is 36.8 Å². The van der Waals surface area contributed by atoms with E-state index in [1.165, 1.54) is 16.4 Å². The van der Waals surface area contributed by atoms with E-state index < -0.39 is 0 Å². The monoisotopic (exact) mass is 307 g/mol. The number of hydrogen-bond donors (Lipinski definition) is 1. The fourth-order valence-electron chi connectivity index (χ4n) is 2.40. The first-order valence-corrected chi connectivity index (χ1v) is 8.42. The maximum Gasteiger partial charge on any atom is 0.108 e. The number of nitrogens with zero attached hydrogens (tertiary/aromatic N) is 4. The molecule has 2 rings (SSSR count). The normalized spacial score (nSPS) is 13.0. The van der Waals surface area contributed by atoms with Crippen molar-refractivity contribution in [2.75, 3.05) is 6.54 Å². The van der Waals surface area contributed by atoms with Crippen molar-refractivity contribution >= 4 is 11.5 Å². The fourth-order valence-corrected chi connectivity index (χ4v) is 3.32. The van der Waals surface area contributed by atoms with Gasteiger partial charge in [0.1, 0.15) is 5.82 Å². The number of rotatable bonds is 8. The molecule has 116 valence electrons. The van der Waals surface area contributed by atoms with Crippen LogP contribution in [0, 0.1) is 0 Å². The van der Waals surface area contributed by atoms with Gasteiger partial charge in [0.05, 0.1) is 10.6 Å². The van der Waals surface area contributed by atoms with Crippen molar-refractivity contribution in [2.45, 2.75) is 52.0 Å². The lowest BCUT2D eigenvalue weighted by Gasteiger charge is -2.18. The second-order valence-corrected chi connectivity index (χ2v) is 6.46. The van der Waals surface area contributed by atoms with Crippen LogP contribution in [0.5, 0.6) is 0 Å². The SMILES string of the molecule is CCCNC(CCc1nccn1C)c1snnc1C(C)C. The molecule has 0 saturated heterocycles. The van der Waals surface area contributed by atoms with Crippen LogP contribution in [-0.2, 0) is 13.5 Å². The molecule has 2 aromatic rings. The average Bonchev–Trinajstić information content (AvgIpc) is 3.08. The summed E-state index contributed by atoms with van der Waals surface area (Å²) in [6.45, 7) is 7.56. The van der Waals surface area contributed by atoms with Gasteiger partial charge in [0.15, 0.2) is 0 Å². The lowest BCUT2D eigenvalue weighted by atomic mass is 10.0. The van der Waals surface area contributed by atoms with E-state index in [0.29, 0.717) is 12.0 Å². The Morgan fingerprint density at radius 1 is 1.38 bits per heavy atom. The van der Waals surface area contributed by atoms with E-state index in [9.17, 15) is 0 Å². The molecule has 21 heavy (non-hydrogen) atoms. The van der Waals surface area contributed by atoms with Gasteiger partial charge in [0, 0.05) is 31.9 Å². The molecule has 0 fully saturated rings. The second-order valence-electron chi connectivity index (χ2n) is 5.68. The van der Waals surface area contributed by atoms with Gasteiger partial charge in [-0.3, -0.25) is 0 Å². The zero-order valence-corrected chi connectivity index (χ0v) is 14.2. The van der Waals surface area contributed by atoms with Crippen LogP contribution in [0.15, 0.2) is 12.4 Å². The van der Waals surface area contributed by atoms with Crippen molar-refractivity contribution in [3.05, 3.63) is 28.8 Å². The predicted octanol–water partition coefficient (Wildman–Crippen LogP) is 3.07. The van der Waals surface area contributed by atoms with Gasteiger partial charge in [0.2, 0.25) is 0 Å². The van der Waals surface area contributed by atoms with Gasteiger partial charge >= 0.3 is 0 Å². The van der Waals surface area contributed by atoms with E-state index in [4.69, 9.17) is 0 Å². The summed E-state index contributed by atoms with van der Waals surface area (Å²) in [4.78, 5) is 5.70. The molecule has 0 aliphatic heterocycles. The molecule has 0 amide bonds. The largest absolute Gasteiger partial charge is 0.338 e. The average molecular weight is 307 g/mol. The number of hydrogen-bond acceptors (Lipinski definition) is 5. The minimum atomic E-state index is 0.319. The Morgan fingerprint density at radius 2 is 2.19 bits per heavy atom. The van der Waals surface area contributed by atoms with E-state index in [2.05, 4.69) is 45.2 Å². The Kier molecular flexibility index (Phi) is 5.87. The third-order valence-corrected chi connectivity index (χ3v) is 4.48. The van der Waals surface area contributed by atoms with Crippen LogP contribution in [0.2, 0.25) is 0 Å². The third-order valence-electron chi connectivity index (χ3n) is 3.62. The summed E-state index contributed by atoms with van der Waals surface area (Å²) >= 11 is 1.53. The van der Waals surface area contributed by atoms with Gasteiger partial charge in [-0.1, -0.05) is 25.3 Å². The summed E-state index contributed by atoms with van der Waals surface area (Å²) in [5, 5.41) is 7.96. The van der Waals surface area contributed by atoms with Crippen LogP contribution in [0.25, 0.3) is 0 Å². The summed E-state index contributed by atoms with van der Waals surface area (Å²) in [6, 6.07) is 0.319. The molecule has 1 unspecified atom stereocenters. The molecule has 1 N–H and O–H groups in total. The molecule has 6 heteroatoms. The highest BCUT2D eigenvalue weighted by atomic mass is 32.1. The minimum Gasteiger partial charge on any atom is -0.338 e. The topological polar surface area (TPSA) is 55.6 Å². The molecule has 0 saturated carbocycles. The summed E-state index contributed by atoms with van der Waals surface area (Å²) in [5.74, 6) is 1.54. The van der Waals surface area contributed by atoms with E-state index >= 15 is 0 Å². The van der Waals surface area contributed by atoms with Crippen molar-refractivity contribution in [2.24, 2.45) is 7.05 Å². The van der Waals surface area contributed by atoms with E-state index in [-0.39, 0.29) is 0 Å². The Balaban J connectivity index is 2.10. The van der Waals surface area contributed by atoms with Crippen LogP contribution in [0.4, 0.5) is 0 Å². The highest BCUT2D eigenvalue weighted by molar-refractivity contribution is 7.05. The fraction of sp³-hybridized carbons (Fsp3) is 0.667. The van der Waals surface area contributed by atoms with Gasteiger partial charge < -0.3 is 9.88 Å². The van der Waals surface area contributed by atoms with Crippen LogP contribution < -0.4 is 5.32 Å². The molecule has 0 aliphatic carbocycles. The molecule has 2 heterocycles. The van der Waals surface area contributed by atoms with Crippen LogP contribution in [-0.4, -0.2) is 25.7 Å². The van der Waals surface area contributed by atoms with Crippen molar-refractivity contribution < 1.29 is 0 Å². The van der Waals surface area contributed by atoms with Crippen molar-refractivity contribution in [3.8, 4) is 0 Å². The van der Waals surface area contributed by atoms with Gasteiger partial charge in [-0.2, -0.15) is 0 Å². The van der Waals surface area contributed by atoms with Crippen molar-refractivity contribution in [1.29, 1.82) is 0 Å². The number of imidazole rings is 1. The summed E-state index contributed by atoms with van der Waals surface area (Å²) in [7, 11) is 2.05. The molecule has 1 atom stereocenters. The zero-order valence-electron chi connectivity index (χ0n) is 13.3. The quantitative estimate of drug-likeness (QED) is 0.814. The zero-order chi connectivity index (χ0) is 15.2. The summed E-state index contributed by atoms with van der Waals surface area (Å²) < 4.78 is 6.25. The van der Waals surface area contributed by atoms with E-state index in [1.807, 2.05) is 19.4 Å². The van der Waals surface area contributed by atoms with Crippen LogP contribution >= 0.6 is 11.5 Å². The van der Waals surface area contributed by atoms with Gasteiger partial charge in [-0.15, -0.1) is 5.10 Å². The molecule has 2 aromatic heterocycles. The lowest BCUT2D eigenvalue weighted by molar-refractivity contribution is 0.492. The summed E-state index contributed by atoms with van der Waals surface area (Å²) in [5.41, 5.74) is 1.13. The third kappa shape index (κ3) is 4.11. The molecule has 0 spiro atoms. The standard InChI is InChI=1S/C15H25N5S/c1-5-8-16-12(6-7-13-17-9-10-20(13)4)15-14(11(2)3)18-19-21-15/h9-12,16H,5-8H2,1-4H3. The predicted molar refractivity (Wildman–Crippen MR) is 86.6 cm³/mol. The first-order chi connectivity index (χ1) is 10.1. The Hall–Kier alpha value is -1.27. The number of aryl methyl sites for hydroxylation is 2. The van der Waals surface area contributed by atoms with Crippen molar-refractivity contribution in [1.82, 2.24) is 24.5 Å². The number of nitrogens with one attached hydrogen (secondary N) is 1.